The summed E-state index contributed by atoms with van der Waals surface area (Å²) in [4.78, 5) is 0. The number of benzene rings is 1. The van der Waals surface area contributed by atoms with E-state index in [0.29, 0.717) is 28.6 Å². The van der Waals surface area contributed by atoms with Gasteiger partial charge in [-0.25, -0.2) is 0 Å². The largest absolute Gasteiger partial charge is 0.490 e. The van der Waals surface area contributed by atoms with Crippen molar-refractivity contribution in [3.63, 3.8) is 0 Å². The molecule has 0 fully saturated rings. The van der Waals surface area contributed by atoms with Crippen molar-refractivity contribution in [2.75, 3.05) is 6.61 Å². The van der Waals surface area contributed by atoms with Gasteiger partial charge in [0.15, 0.2) is 0 Å². The Kier molecular flexibility index (Phi) is 4.90. The Labute approximate surface area is 106 Å². The molecule has 90 valence electrons. The number of hydrogen-bond acceptors (Lipinski definition) is 2. The van der Waals surface area contributed by atoms with Crippen LogP contribution in [0.25, 0.3) is 0 Å². The summed E-state index contributed by atoms with van der Waals surface area (Å²) in [7, 11) is 0. The molecule has 0 aliphatic carbocycles. The second kappa shape index (κ2) is 5.76. The van der Waals surface area contributed by atoms with E-state index in [2.05, 4.69) is 0 Å². The Balaban J connectivity index is 2.67. The zero-order chi connectivity index (χ0) is 12.2. The van der Waals surface area contributed by atoms with Crippen molar-refractivity contribution < 1.29 is 9.84 Å². The molecule has 16 heavy (non-hydrogen) atoms. The average Bonchev–Trinajstić information content (AvgIpc) is 2.25. The van der Waals surface area contributed by atoms with E-state index in [9.17, 15) is 5.11 Å². The fourth-order valence-corrected chi connectivity index (χ4v) is 1.79. The van der Waals surface area contributed by atoms with Gasteiger partial charge in [0.1, 0.15) is 12.4 Å². The molecule has 0 atom stereocenters. The smallest absolute Gasteiger partial charge is 0.122 e. The standard InChI is InChI=1S/C12H16Cl2O2/c1-3-12(15,4-2)8-16-11-6-9(13)5-10(14)7-11/h5-7,15H,3-4,8H2,1-2H3. The first kappa shape index (κ1) is 13.6. The van der Waals surface area contributed by atoms with Gasteiger partial charge in [-0.05, 0) is 31.0 Å². The first-order valence-electron chi connectivity index (χ1n) is 5.30. The Morgan fingerprint density at radius 3 is 2.06 bits per heavy atom. The monoisotopic (exact) mass is 262 g/mol. The average molecular weight is 263 g/mol. The van der Waals surface area contributed by atoms with Crippen molar-refractivity contribution in [1.82, 2.24) is 0 Å². The highest BCUT2D eigenvalue weighted by molar-refractivity contribution is 6.34. The normalized spacial score (nSPS) is 11.6. The highest BCUT2D eigenvalue weighted by Gasteiger charge is 2.23. The molecular weight excluding hydrogens is 247 g/mol. The summed E-state index contributed by atoms with van der Waals surface area (Å²) < 4.78 is 5.50. The van der Waals surface area contributed by atoms with Gasteiger partial charge in [0, 0.05) is 10.0 Å². The third kappa shape index (κ3) is 3.85. The molecule has 0 amide bonds. The van der Waals surface area contributed by atoms with Crippen LogP contribution in [0.2, 0.25) is 10.0 Å². The van der Waals surface area contributed by atoms with Gasteiger partial charge in [0.05, 0.1) is 5.60 Å². The minimum Gasteiger partial charge on any atom is -0.490 e. The summed E-state index contributed by atoms with van der Waals surface area (Å²) in [6.07, 6.45) is 1.30. The summed E-state index contributed by atoms with van der Waals surface area (Å²) in [5.41, 5.74) is -0.783. The predicted molar refractivity (Wildman–Crippen MR) is 67.5 cm³/mol. The van der Waals surface area contributed by atoms with Crippen molar-refractivity contribution in [3.05, 3.63) is 28.2 Å². The lowest BCUT2D eigenvalue weighted by molar-refractivity contribution is -0.0113. The van der Waals surface area contributed by atoms with E-state index >= 15 is 0 Å². The summed E-state index contributed by atoms with van der Waals surface area (Å²) in [5, 5.41) is 11.1. The lowest BCUT2D eigenvalue weighted by Gasteiger charge is -2.25. The van der Waals surface area contributed by atoms with Crippen LogP contribution in [0.1, 0.15) is 26.7 Å². The molecule has 0 heterocycles. The number of halogens is 2. The molecule has 0 saturated carbocycles. The molecule has 0 aromatic heterocycles. The van der Waals surface area contributed by atoms with Crippen molar-refractivity contribution in [3.8, 4) is 5.75 Å². The van der Waals surface area contributed by atoms with E-state index in [1.807, 2.05) is 13.8 Å². The number of ether oxygens (including phenoxy) is 1. The lowest BCUT2D eigenvalue weighted by atomic mass is 9.99. The Hall–Kier alpha value is -0.440. The molecule has 0 spiro atoms. The second-order valence-electron chi connectivity index (χ2n) is 3.83. The van der Waals surface area contributed by atoms with E-state index < -0.39 is 5.60 Å². The lowest BCUT2D eigenvalue weighted by Crippen LogP contribution is -2.34. The molecule has 1 aromatic carbocycles. The van der Waals surface area contributed by atoms with E-state index in [0.717, 1.165) is 0 Å². The van der Waals surface area contributed by atoms with Crippen LogP contribution in [0.3, 0.4) is 0 Å². The highest BCUT2D eigenvalue weighted by Crippen LogP contribution is 2.25. The van der Waals surface area contributed by atoms with Crippen LogP contribution in [0.15, 0.2) is 18.2 Å². The molecule has 1 N–H and O–H groups in total. The van der Waals surface area contributed by atoms with Crippen molar-refractivity contribution in [2.45, 2.75) is 32.3 Å². The Bertz CT molecular complexity index is 329. The van der Waals surface area contributed by atoms with Crippen LogP contribution in [0.5, 0.6) is 5.75 Å². The van der Waals surface area contributed by atoms with Crippen molar-refractivity contribution in [2.24, 2.45) is 0 Å². The highest BCUT2D eigenvalue weighted by atomic mass is 35.5. The minimum atomic E-state index is -0.783. The number of hydrogen-bond donors (Lipinski definition) is 1. The Morgan fingerprint density at radius 2 is 1.62 bits per heavy atom. The summed E-state index contributed by atoms with van der Waals surface area (Å²) in [6.45, 7) is 4.10. The third-order valence-electron chi connectivity index (χ3n) is 2.66. The molecular formula is C12H16Cl2O2. The molecule has 0 unspecified atom stereocenters. The zero-order valence-corrected chi connectivity index (χ0v) is 11.0. The maximum Gasteiger partial charge on any atom is 0.122 e. The topological polar surface area (TPSA) is 29.5 Å². The fraction of sp³-hybridized carbons (Fsp3) is 0.500. The summed E-state index contributed by atoms with van der Waals surface area (Å²) in [6, 6.07) is 5.00. The predicted octanol–water partition coefficient (Wildman–Crippen LogP) is 3.92. The van der Waals surface area contributed by atoms with Gasteiger partial charge < -0.3 is 9.84 Å². The molecule has 0 bridgehead atoms. The molecule has 0 saturated heterocycles. The van der Waals surface area contributed by atoms with Crippen LogP contribution in [-0.2, 0) is 0 Å². The van der Waals surface area contributed by atoms with E-state index in [1.165, 1.54) is 0 Å². The van der Waals surface area contributed by atoms with Crippen molar-refractivity contribution in [1.29, 1.82) is 0 Å². The molecule has 1 aromatic rings. The first-order chi connectivity index (χ1) is 7.49. The van der Waals surface area contributed by atoms with Gasteiger partial charge in [-0.1, -0.05) is 37.0 Å². The summed E-state index contributed by atoms with van der Waals surface area (Å²) in [5.74, 6) is 0.581. The molecule has 0 aliphatic heterocycles. The maximum atomic E-state index is 10.0. The first-order valence-corrected chi connectivity index (χ1v) is 6.06. The second-order valence-corrected chi connectivity index (χ2v) is 4.70. The minimum absolute atomic E-state index is 0.247. The van der Waals surface area contributed by atoms with Gasteiger partial charge >= 0.3 is 0 Å². The van der Waals surface area contributed by atoms with E-state index in [-0.39, 0.29) is 6.61 Å². The fourth-order valence-electron chi connectivity index (χ4n) is 1.28. The molecule has 0 aliphatic rings. The third-order valence-corrected chi connectivity index (χ3v) is 3.10. The molecule has 4 heteroatoms. The SMILES string of the molecule is CCC(O)(CC)COc1cc(Cl)cc(Cl)c1. The van der Waals surface area contributed by atoms with Gasteiger partial charge in [-0.15, -0.1) is 0 Å². The molecule has 0 radical (unpaired) electrons. The van der Waals surface area contributed by atoms with Gasteiger partial charge in [-0.2, -0.15) is 0 Å². The molecule has 2 nitrogen and oxygen atoms in total. The van der Waals surface area contributed by atoms with Crippen molar-refractivity contribution >= 4 is 23.2 Å². The van der Waals surface area contributed by atoms with Crippen LogP contribution in [0.4, 0.5) is 0 Å². The molecule has 1 rings (SSSR count). The van der Waals surface area contributed by atoms with E-state index in [1.54, 1.807) is 18.2 Å². The number of aliphatic hydroxyl groups is 1. The van der Waals surface area contributed by atoms with Crippen LogP contribution < -0.4 is 4.74 Å². The van der Waals surface area contributed by atoms with E-state index in [4.69, 9.17) is 27.9 Å². The number of rotatable bonds is 5. The van der Waals surface area contributed by atoms with Gasteiger partial charge in [-0.3, -0.25) is 0 Å². The van der Waals surface area contributed by atoms with Gasteiger partial charge in [0.25, 0.3) is 0 Å². The summed E-state index contributed by atoms with van der Waals surface area (Å²) >= 11 is 11.7. The van der Waals surface area contributed by atoms with Crippen LogP contribution in [0, 0.1) is 0 Å². The quantitative estimate of drug-likeness (QED) is 0.872. The maximum absolute atomic E-state index is 10.0. The van der Waals surface area contributed by atoms with Crippen LogP contribution >= 0.6 is 23.2 Å². The Morgan fingerprint density at radius 1 is 1.12 bits per heavy atom. The van der Waals surface area contributed by atoms with Gasteiger partial charge in [0.2, 0.25) is 0 Å². The zero-order valence-electron chi connectivity index (χ0n) is 9.46. The van der Waals surface area contributed by atoms with Crippen LogP contribution in [-0.4, -0.2) is 17.3 Å².